The minimum absolute atomic E-state index is 0.0960. The largest absolute Gasteiger partial charge is 0.502 e. The molecule has 0 spiro atoms. The quantitative estimate of drug-likeness (QED) is 0.348. The number of amides is 1. The number of nitro groups is 1. The molecule has 1 amide bonds. The number of phenolic OH excluding ortho intramolecular Hbond substituents is 1. The first-order valence-corrected chi connectivity index (χ1v) is 8.52. The lowest BCUT2D eigenvalue weighted by Gasteiger charge is -2.03. The first kappa shape index (κ1) is 18.5. The van der Waals surface area contributed by atoms with Crippen molar-refractivity contribution in [3.63, 3.8) is 0 Å². The molecule has 0 unspecified atom stereocenters. The Hall–Kier alpha value is -3.34. The summed E-state index contributed by atoms with van der Waals surface area (Å²) in [6, 6.07) is 10.0. The van der Waals surface area contributed by atoms with Crippen LogP contribution in [0.25, 0.3) is 11.0 Å². The second kappa shape index (κ2) is 7.91. The third-order valence-corrected chi connectivity index (χ3v) is 4.10. The van der Waals surface area contributed by atoms with E-state index in [2.05, 4.69) is 36.8 Å². The van der Waals surface area contributed by atoms with Crippen LogP contribution in [-0.4, -0.2) is 37.1 Å². The summed E-state index contributed by atoms with van der Waals surface area (Å²) in [6.07, 6.45) is 1.24. The van der Waals surface area contributed by atoms with Gasteiger partial charge in [-0.15, -0.1) is 5.10 Å². The Bertz CT molecular complexity index is 1050. The van der Waals surface area contributed by atoms with Crippen molar-refractivity contribution >= 4 is 44.8 Å². The zero-order valence-corrected chi connectivity index (χ0v) is 15.3. The number of halogens is 1. The molecule has 0 bridgehead atoms. The average molecular weight is 433 g/mol. The fraction of sp³-hybridized carbons (Fsp3) is 0.125. The van der Waals surface area contributed by atoms with Gasteiger partial charge in [0.15, 0.2) is 0 Å². The van der Waals surface area contributed by atoms with Crippen LogP contribution in [0.2, 0.25) is 0 Å². The van der Waals surface area contributed by atoms with Gasteiger partial charge >= 0.3 is 5.69 Å². The monoisotopic (exact) mass is 432 g/mol. The van der Waals surface area contributed by atoms with Crippen LogP contribution in [-0.2, 0) is 11.3 Å². The summed E-state index contributed by atoms with van der Waals surface area (Å²) in [7, 11) is 0. The topological polar surface area (TPSA) is 136 Å². The smallest absolute Gasteiger partial charge is 0.312 e. The minimum Gasteiger partial charge on any atom is -0.502 e. The second-order valence-corrected chi connectivity index (χ2v) is 6.38. The number of phenols is 1. The third-order valence-electron chi connectivity index (χ3n) is 3.64. The van der Waals surface area contributed by atoms with Crippen molar-refractivity contribution in [3.8, 4) is 5.75 Å². The molecule has 1 heterocycles. The zero-order chi connectivity index (χ0) is 19.4. The van der Waals surface area contributed by atoms with Crippen LogP contribution >= 0.6 is 15.9 Å². The molecule has 0 saturated heterocycles. The fourth-order valence-electron chi connectivity index (χ4n) is 2.36. The van der Waals surface area contributed by atoms with Crippen molar-refractivity contribution in [1.29, 1.82) is 0 Å². The number of benzene rings is 2. The first-order chi connectivity index (χ1) is 13.0. The number of hydrazone groups is 1. The maximum Gasteiger partial charge on any atom is 0.312 e. The Morgan fingerprint density at radius 2 is 2.19 bits per heavy atom. The van der Waals surface area contributed by atoms with Gasteiger partial charge in [0.25, 0.3) is 0 Å². The highest BCUT2D eigenvalue weighted by Gasteiger charge is 2.17. The van der Waals surface area contributed by atoms with Crippen molar-refractivity contribution in [2.75, 3.05) is 0 Å². The van der Waals surface area contributed by atoms with E-state index in [-0.39, 0.29) is 17.9 Å². The van der Waals surface area contributed by atoms with Crippen LogP contribution < -0.4 is 5.43 Å². The van der Waals surface area contributed by atoms with Crippen LogP contribution in [0.5, 0.6) is 5.75 Å². The van der Waals surface area contributed by atoms with E-state index in [9.17, 15) is 20.0 Å². The van der Waals surface area contributed by atoms with Crippen LogP contribution in [0.1, 0.15) is 12.0 Å². The number of fused-ring (bicyclic) bond motifs is 1. The van der Waals surface area contributed by atoms with Gasteiger partial charge in [0, 0.05) is 22.5 Å². The number of carbonyl (C=O) groups is 1. The highest BCUT2D eigenvalue weighted by Crippen LogP contribution is 2.32. The molecule has 138 valence electrons. The Morgan fingerprint density at radius 3 is 2.96 bits per heavy atom. The van der Waals surface area contributed by atoms with E-state index in [1.54, 1.807) is 4.68 Å². The standard InChI is InChI=1S/C16H13BrN6O4/c17-11-7-10(16(25)14(8-11)23(26)27)9-18-20-15(24)5-6-22-13-4-2-1-3-12(13)19-21-22/h1-4,7-9,25H,5-6H2,(H,20,24)/b18-9+. The number of aromatic nitrogens is 3. The van der Waals surface area contributed by atoms with E-state index < -0.39 is 16.4 Å². The maximum atomic E-state index is 11.9. The number of hydrogen-bond acceptors (Lipinski definition) is 7. The lowest BCUT2D eigenvalue weighted by molar-refractivity contribution is -0.385. The molecule has 0 aliphatic heterocycles. The second-order valence-electron chi connectivity index (χ2n) is 5.46. The van der Waals surface area contributed by atoms with E-state index in [0.29, 0.717) is 11.0 Å². The molecule has 0 atom stereocenters. The predicted octanol–water partition coefficient (Wildman–Crippen LogP) is 2.35. The van der Waals surface area contributed by atoms with Crippen LogP contribution in [0.4, 0.5) is 5.69 Å². The first-order valence-electron chi connectivity index (χ1n) is 7.72. The van der Waals surface area contributed by atoms with Crippen molar-refractivity contribution in [2.24, 2.45) is 5.10 Å². The van der Waals surface area contributed by atoms with Crippen molar-refractivity contribution in [2.45, 2.75) is 13.0 Å². The molecule has 0 fully saturated rings. The molecule has 0 aliphatic rings. The molecule has 3 rings (SSSR count). The molecule has 27 heavy (non-hydrogen) atoms. The van der Waals surface area contributed by atoms with Gasteiger partial charge < -0.3 is 5.11 Å². The van der Waals surface area contributed by atoms with Crippen molar-refractivity contribution in [1.82, 2.24) is 20.4 Å². The van der Waals surface area contributed by atoms with Gasteiger partial charge in [-0.3, -0.25) is 14.9 Å². The summed E-state index contributed by atoms with van der Waals surface area (Å²) in [5.41, 5.74) is 3.50. The highest BCUT2D eigenvalue weighted by atomic mass is 79.9. The van der Waals surface area contributed by atoms with Gasteiger partial charge in [0.05, 0.1) is 23.2 Å². The van der Waals surface area contributed by atoms with E-state index in [0.717, 1.165) is 17.2 Å². The summed E-state index contributed by atoms with van der Waals surface area (Å²) in [5.74, 6) is -0.912. The number of aryl methyl sites for hydroxylation is 1. The maximum absolute atomic E-state index is 11.9. The molecule has 11 heteroatoms. The van der Waals surface area contributed by atoms with Gasteiger partial charge in [-0.1, -0.05) is 33.3 Å². The van der Waals surface area contributed by atoms with Crippen molar-refractivity contribution < 1.29 is 14.8 Å². The number of nitrogens with one attached hydrogen (secondary N) is 1. The predicted molar refractivity (Wildman–Crippen MR) is 100 cm³/mol. The average Bonchev–Trinajstić information content (AvgIpc) is 3.05. The molecule has 3 aromatic rings. The molecule has 2 N–H and O–H groups in total. The van der Waals surface area contributed by atoms with Gasteiger partial charge in [0.2, 0.25) is 11.7 Å². The number of carbonyl (C=O) groups excluding carboxylic acids is 1. The summed E-state index contributed by atoms with van der Waals surface area (Å²) >= 11 is 3.12. The number of rotatable bonds is 6. The van der Waals surface area contributed by atoms with E-state index in [4.69, 9.17) is 0 Å². The molecule has 0 radical (unpaired) electrons. The number of hydrogen-bond donors (Lipinski definition) is 2. The Morgan fingerprint density at radius 1 is 1.41 bits per heavy atom. The Kier molecular flexibility index (Phi) is 5.41. The Balaban J connectivity index is 1.62. The SMILES string of the molecule is O=C(CCn1nnc2ccccc21)N/N=C/c1cc(Br)cc([N+](=O)[O-])c1O. The summed E-state index contributed by atoms with van der Waals surface area (Å²) < 4.78 is 2.01. The van der Waals surface area contributed by atoms with E-state index >= 15 is 0 Å². The number of aromatic hydroxyl groups is 1. The summed E-state index contributed by atoms with van der Waals surface area (Å²) in [6.45, 7) is 0.315. The normalized spacial score (nSPS) is 11.1. The molecular formula is C16H13BrN6O4. The Labute approximate surface area is 160 Å². The van der Waals surface area contributed by atoms with Crippen molar-refractivity contribution in [3.05, 3.63) is 56.5 Å². The van der Waals surface area contributed by atoms with E-state index in [1.807, 2.05) is 24.3 Å². The zero-order valence-electron chi connectivity index (χ0n) is 13.7. The molecule has 10 nitrogen and oxygen atoms in total. The summed E-state index contributed by atoms with van der Waals surface area (Å²) in [5, 5.41) is 32.5. The highest BCUT2D eigenvalue weighted by molar-refractivity contribution is 9.10. The van der Waals surface area contributed by atoms with Gasteiger partial charge in [-0.05, 0) is 18.2 Å². The van der Waals surface area contributed by atoms with Gasteiger partial charge in [-0.25, -0.2) is 10.1 Å². The van der Waals surface area contributed by atoms with E-state index in [1.165, 1.54) is 12.1 Å². The molecular weight excluding hydrogens is 420 g/mol. The molecule has 0 aliphatic carbocycles. The fourth-order valence-corrected chi connectivity index (χ4v) is 2.83. The number of nitrogens with zero attached hydrogens (tertiary/aromatic N) is 5. The van der Waals surface area contributed by atoms with Crippen LogP contribution in [0.15, 0.2) is 46.0 Å². The minimum atomic E-state index is -0.710. The van der Waals surface area contributed by atoms with Gasteiger partial charge in [0.1, 0.15) is 5.52 Å². The lowest BCUT2D eigenvalue weighted by atomic mass is 10.2. The lowest BCUT2D eigenvalue weighted by Crippen LogP contribution is -2.19. The third kappa shape index (κ3) is 4.26. The summed E-state index contributed by atoms with van der Waals surface area (Å²) in [4.78, 5) is 22.1. The van der Waals surface area contributed by atoms with Crippen LogP contribution in [0.3, 0.4) is 0 Å². The number of para-hydroxylation sites is 1. The van der Waals surface area contributed by atoms with Gasteiger partial charge in [-0.2, -0.15) is 5.10 Å². The molecule has 0 saturated carbocycles. The molecule has 2 aromatic carbocycles. The molecule has 1 aromatic heterocycles. The number of nitro benzene ring substituents is 1. The van der Waals surface area contributed by atoms with Crippen LogP contribution in [0, 0.1) is 10.1 Å².